The molecule has 9 nitrogen and oxygen atoms in total. The molecule has 0 saturated heterocycles. The van der Waals surface area contributed by atoms with Crippen molar-refractivity contribution >= 4 is 24.1 Å². The molecule has 0 aliphatic rings. The summed E-state index contributed by atoms with van der Waals surface area (Å²) in [7, 11) is 0. The molecule has 0 unspecified atom stereocenters. The van der Waals surface area contributed by atoms with Gasteiger partial charge in [-0.1, -0.05) is 18.2 Å². The molecule has 0 aliphatic carbocycles. The van der Waals surface area contributed by atoms with E-state index in [2.05, 4.69) is 15.4 Å². The van der Waals surface area contributed by atoms with Crippen molar-refractivity contribution in [3.05, 3.63) is 35.9 Å². The van der Waals surface area contributed by atoms with Crippen molar-refractivity contribution in [1.82, 2.24) is 10.6 Å². The van der Waals surface area contributed by atoms with Crippen molar-refractivity contribution in [3.8, 4) is 0 Å². The molecule has 142 valence electrons. The van der Waals surface area contributed by atoms with E-state index in [1.807, 2.05) is 0 Å². The highest BCUT2D eigenvalue weighted by Gasteiger charge is 2.37. The molecule has 0 heterocycles. The van der Waals surface area contributed by atoms with Crippen LogP contribution in [0.1, 0.15) is 38.1 Å². The van der Waals surface area contributed by atoms with E-state index in [-0.39, 0.29) is 5.56 Å². The second-order valence-corrected chi connectivity index (χ2v) is 6.66. The van der Waals surface area contributed by atoms with E-state index >= 15 is 0 Å². The number of amides is 2. The molecule has 1 aromatic carbocycles. The van der Waals surface area contributed by atoms with E-state index in [0.29, 0.717) is 0 Å². The Morgan fingerprint density at radius 3 is 2.08 bits per heavy atom. The van der Waals surface area contributed by atoms with Crippen LogP contribution >= 0.6 is 0 Å². The van der Waals surface area contributed by atoms with Crippen LogP contribution in [-0.4, -0.2) is 46.9 Å². The lowest BCUT2D eigenvalue weighted by Crippen LogP contribution is -2.59. The van der Waals surface area contributed by atoms with Crippen LogP contribution in [0.3, 0.4) is 0 Å². The summed E-state index contributed by atoms with van der Waals surface area (Å²) < 4.78 is 9.57. The monoisotopic (exact) mass is 366 g/mol. The molecule has 26 heavy (non-hydrogen) atoms. The molecule has 0 aromatic heterocycles. The van der Waals surface area contributed by atoms with Crippen molar-refractivity contribution in [1.29, 1.82) is 0 Å². The van der Waals surface area contributed by atoms with E-state index < -0.39 is 41.8 Å². The summed E-state index contributed by atoms with van der Waals surface area (Å²) in [5, 5.41) is 13.6. The van der Waals surface area contributed by atoms with Crippen molar-refractivity contribution in [2.24, 2.45) is 0 Å². The number of rotatable bonds is 5. The number of carboxylic acid groups (broad SMARTS) is 1. The predicted octanol–water partition coefficient (Wildman–Crippen LogP) is 1.92. The number of benzene rings is 1. The molecular formula is C17H22N2O7. The Morgan fingerprint density at radius 1 is 1.00 bits per heavy atom. The zero-order chi connectivity index (χ0) is 20.0. The van der Waals surface area contributed by atoms with Crippen LogP contribution in [0, 0.1) is 0 Å². The summed E-state index contributed by atoms with van der Waals surface area (Å²) in [4.78, 5) is 46.7. The number of nitrogens with one attached hydrogen (secondary N) is 2. The molecule has 0 bridgehead atoms. The number of alkyl carbamates (subject to hydrolysis) is 2. The average Bonchev–Trinajstić information content (AvgIpc) is 2.51. The zero-order valence-electron chi connectivity index (χ0n) is 15.0. The third-order valence-corrected chi connectivity index (χ3v) is 3.03. The maximum absolute atomic E-state index is 11.8. The molecule has 1 atom stereocenters. The fraction of sp³-hybridized carbons (Fsp3) is 0.412. The third-order valence-electron chi connectivity index (χ3n) is 3.03. The van der Waals surface area contributed by atoms with Crippen molar-refractivity contribution in [2.75, 3.05) is 6.54 Å². The lowest BCUT2D eigenvalue weighted by atomic mass is 10.0. The van der Waals surface area contributed by atoms with Gasteiger partial charge in [-0.3, -0.25) is 0 Å². The van der Waals surface area contributed by atoms with Gasteiger partial charge in [0.15, 0.2) is 5.54 Å². The quantitative estimate of drug-likeness (QED) is 0.536. The first-order valence-corrected chi connectivity index (χ1v) is 7.72. The fourth-order valence-corrected chi connectivity index (χ4v) is 1.70. The first-order valence-electron chi connectivity index (χ1n) is 7.72. The van der Waals surface area contributed by atoms with Gasteiger partial charge in [0.05, 0.1) is 12.1 Å². The second-order valence-electron chi connectivity index (χ2n) is 6.66. The van der Waals surface area contributed by atoms with E-state index in [9.17, 15) is 24.3 Å². The molecular weight excluding hydrogens is 344 g/mol. The Labute approximate surface area is 150 Å². The van der Waals surface area contributed by atoms with Gasteiger partial charge in [-0.2, -0.15) is 0 Å². The Morgan fingerprint density at radius 2 is 1.58 bits per heavy atom. The van der Waals surface area contributed by atoms with Crippen LogP contribution in [0.25, 0.3) is 0 Å². The zero-order valence-corrected chi connectivity index (χ0v) is 15.0. The number of aliphatic carboxylic acids is 1. The van der Waals surface area contributed by atoms with Crippen LogP contribution < -0.4 is 10.6 Å². The maximum atomic E-state index is 11.8. The topological polar surface area (TPSA) is 131 Å². The van der Waals surface area contributed by atoms with Crippen LogP contribution in [-0.2, 0) is 14.3 Å². The van der Waals surface area contributed by atoms with Gasteiger partial charge in [0.1, 0.15) is 5.60 Å². The van der Waals surface area contributed by atoms with Gasteiger partial charge in [-0.15, -0.1) is 0 Å². The first-order chi connectivity index (χ1) is 11.9. The molecule has 0 fully saturated rings. The van der Waals surface area contributed by atoms with Gasteiger partial charge in [0.2, 0.25) is 0 Å². The summed E-state index contributed by atoms with van der Waals surface area (Å²) in [5.41, 5.74) is -2.52. The van der Waals surface area contributed by atoms with Crippen molar-refractivity contribution in [2.45, 2.75) is 38.8 Å². The van der Waals surface area contributed by atoms with Gasteiger partial charge >= 0.3 is 24.1 Å². The van der Waals surface area contributed by atoms with Crippen LogP contribution in [0.4, 0.5) is 9.59 Å². The molecule has 0 aliphatic heterocycles. The molecule has 1 aromatic rings. The van der Waals surface area contributed by atoms with Crippen LogP contribution in [0.2, 0.25) is 0 Å². The number of ether oxygens (including phenoxy) is 2. The molecule has 9 heteroatoms. The maximum Gasteiger partial charge on any atom is 0.415 e. The number of carbonyl (C=O) groups excluding carboxylic acids is 3. The lowest BCUT2D eigenvalue weighted by molar-refractivity contribution is -0.143. The van der Waals surface area contributed by atoms with Gasteiger partial charge in [0.25, 0.3) is 0 Å². The summed E-state index contributed by atoms with van der Waals surface area (Å²) in [5.74, 6) is -2.29. The molecule has 0 spiro atoms. The van der Waals surface area contributed by atoms with Gasteiger partial charge in [-0.25, -0.2) is 19.2 Å². The first kappa shape index (κ1) is 20.9. The summed E-state index contributed by atoms with van der Waals surface area (Å²) in [6, 6.07) is 7.81. The van der Waals surface area contributed by atoms with E-state index in [1.54, 1.807) is 39.0 Å². The van der Waals surface area contributed by atoms with Crippen molar-refractivity contribution < 1.29 is 33.8 Å². The van der Waals surface area contributed by atoms with Crippen molar-refractivity contribution in [3.63, 3.8) is 0 Å². The minimum atomic E-state index is -1.86. The minimum Gasteiger partial charge on any atom is -0.479 e. The fourth-order valence-electron chi connectivity index (χ4n) is 1.70. The van der Waals surface area contributed by atoms with E-state index in [4.69, 9.17) is 4.74 Å². The van der Waals surface area contributed by atoms with E-state index in [0.717, 1.165) is 0 Å². The number of hydrogen-bond donors (Lipinski definition) is 3. The number of carboxylic acids is 1. The van der Waals surface area contributed by atoms with Gasteiger partial charge < -0.3 is 25.2 Å². The molecule has 1 rings (SSSR count). The highest BCUT2D eigenvalue weighted by atomic mass is 16.6. The van der Waals surface area contributed by atoms with E-state index in [1.165, 1.54) is 19.1 Å². The third kappa shape index (κ3) is 6.80. The SMILES string of the molecule is CC(C)(C)OC(=O)N[C@](C)(CNC(=O)OC(=O)c1ccccc1)C(=O)O. The van der Waals surface area contributed by atoms with Gasteiger partial charge in [0, 0.05) is 0 Å². The largest absolute Gasteiger partial charge is 0.479 e. The lowest BCUT2D eigenvalue weighted by Gasteiger charge is -2.28. The van der Waals surface area contributed by atoms with Crippen LogP contribution in [0.5, 0.6) is 0 Å². The average molecular weight is 366 g/mol. The smallest absolute Gasteiger partial charge is 0.415 e. The molecule has 3 N–H and O–H groups in total. The second kappa shape index (κ2) is 8.32. The predicted molar refractivity (Wildman–Crippen MR) is 90.7 cm³/mol. The molecule has 0 saturated carbocycles. The normalized spacial score (nSPS) is 13.1. The molecule has 2 amide bonds. The Kier molecular flexibility index (Phi) is 6.71. The number of hydrogen-bond acceptors (Lipinski definition) is 6. The summed E-state index contributed by atoms with van der Waals surface area (Å²) >= 11 is 0. The highest BCUT2D eigenvalue weighted by Crippen LogP contribution is 2.10. The Hall–Kier alpha value is -3.10. The standard InChI is InChI=1S/C17H22N2O7/c1-16(2,3)26-15(24)19-17(4,13(21)22)10-18-14(23)25-12(20)11-8-6-5-7-9-11/h5-9H,10H2,1-4H3,(H,18,23)(H,19,24)(H,21,22)/t17-/m1/s1. The number of carbonyl (C=O) groups is 4. The molecule has 0 radical (unpaired) electrons. The highest BCUT2D eigenvalue weighted by molar-refractivity contribution is 5.96. The number of esters is 1. The van der Waals surface area contributed by atoms with Gasteiger partial charge in [-0.05, 0) is 39.8 Å². The summed E-state index contributed by atoms with van der Waals surface area (Å²) in [6.07, 6.45) is -2.10. The Balaban J connectivity index is 2.64. The summed E-state index contributed by atoms with van der Waals surface area (Å²) in [6.45, 7) is 5.52. The minimum absolute atomic E-state index is 0.163. The van der Waals surface area contributed by atoms with Crippen LogP contribution in [0.15, 0.2) is 30.3 Å². The Bertz CT molecular complexity index is 682.